The Morgan fingerprint density at radius 3 is 2.62 bits per heavy atom. The minimum atomic E-state index is -0.251. The van der Waals surface area contributed by atoms with Crippen LogP contribution in [-0.4, -0.2) is 9.97 Å². The summed E-state index contributed by atoms with van der Waals surface area (Å²) in [6, 6.07) is 18.5. The highest BCUT2D eigenvalue weighted by Crippen LogP contribution is 2.42. The fraction of sp³-hybridized carbons (Fsp3) is 0. The van der Waals surface area contributed by atoms with Crippen molar-refractivity contribution in [3.05, 3.63) is 72.7 Å². The van der Waals surface area contributed by atoms with Gasteiger partial charge < -0.3 is 5.32 Å². The monoisotopic (exact) mass is 313 g/mol. The molecule has 2 aromatic heterocycles. The number of nitrogens with zero attached hydrogens (tertiary/aromatic N) is 2. The maximum Gasteiger partial charge on any atom is 0.141 e. The number of para-hydroxylation sites is 1. The van der Waals surface area contributed by atoms with Gasteiger partial charge in [0.1, 0.15) is 11.6 Å². The number of nitrogens with one attached hydrogen (secondary N) is 1. The van der Waals surface area contributed by atoms with Crippen LogP contribution >= 0.6 is 0 Å². The third-order valence-electron chi connectivity index (χ3n) is 4.32. The zero-order chi connectivity index (χ0) is 16.1. The van der Waals surface area contributed by atoms with E-state index < -0.39 is 0 Å². The summed E-state index contributed by atoms with van der Waals surface area (Å²) >= 11 is 0. The van der Waals surface area contributed by atoms with Gasteiger partial charge in [0.15, 0.2) is 0 Å². The van der Waals surface area contributed by atoms with E-state index in [0.29, 0.717) is 0 Å². The molecule has 0 atom stereocenters. The minimum absolute atomic E-state index is 0.251. The van der Waals surface area contributed by atoms with Crippen molar-refractivity contribution in [3.8, 4) is 22.5 Å². The van der Waals surface area contributed by atoms with E-state index in [-0.39, 0.29) is 5.82 Å². The lowest BCUT2D eigenvalue weighted by atomic mass is 9.98. The Labute approximate surface area is 137 Å². The van der Waals surface area contributed by atoms with Crippen LogP contribution in [0.15, 0.2) is 66.9 Å². The summed E-state index contributed by atoms with van der Waals surface area (Å²) in [4.78, 5) is 9.32. The van der Waals surface area contributed by atoms with Gasteiger partial charge in [0, 0.05) is 23.0 Å². The number of pyridine rings is 2. The molecule has 0 bridgehead atoms. The zero-order valence-corrected chi connectivity index (χ0v) is 12.6. The second-order valence-corrected chi connectivity index (χ2v) is 5.79. The van der Waals surface area contributed by atoms with Crippen LogP contribution in [0.5, 0.6) is 0 Å². The van der Waals surface area contributed by atoms with E-state index in [1.54, 1.807) is 12.1 Å². The van der Waals surface area contributed by atoms with Crippen LogP contribution in [-0.2, 0) is 0 Å². The summed E-state index contributed by atoms with van der Waals surface area (Å²) in [5.41, 5.74) is 4.70. The first-order valence-corrected chi connectivity index (χ1v) is 7.72. The van der Waals surface area contributed by atoms with Gasteiger partial charge in [0.25, 0.3) is 0 Å². The summed E-state index contributed by atoms with van der Waals surface area (Å²) in [6.07, 6.45) is 1.82. The minimum Gasteiger partial charge on any atom is -0.339 e. The summed E-state index contributed by atoms with van der Waals surface area (Å²) in [5.74, 6) is 0.535. The van der Waals surface area contributed by atoms with E-state index in [0.717, 1.165) is 44.8 Å². The van der Waals surface area contributed by atoms with Gasteiger partial charge in [-0.3, -0.25) is 4.98 Å². The second kappa shape index (κ2) is 4.86. The number of fused-ring (bicyclic) bond motifs is 2. The molecule has 0 unspecified atom stereocenters. The molecule has 2 aromatic carbocycles. The summed E-state index contributed by atoms with van der Waals surface area (Å²) in [7, 11) is 0. The third-order valence-corrected chi connectivity index (χ3v) is 4.32. The average Bonchev–Trinajstić information content (AvgIpc) is 2.62. The molecule has 5 rings (SSSR count). The summed E-state index contributed by atoms with van der Waals surface area (Å²) < 4.78 is 13.2. The van der Waals surface area contributed by atoms with Crippen LogP contribution in [0.3, 0.4) is 0 Å². The number of anilines is 2. The van der Waals surface area contributed by atoms with E-state index in [2.05, 4.69) is 16.4 Å². The Morgan fingerprint density at radius 2 is 1.75 bits per heavy atom. The maximum absolute atomic E-state index is 13.2. The van der Waals surface area contributed by atoms with Gasteiger partial charge in [-0.25, -0.2) is 9.37 Å². The first-order chi connectivity index (χ1) is 11.8. The quantitative estimate of drug-likeness (QED) is 0.464. The van der Waals surface area contributed by atoms with Gasteiger partial charge in [0.05, 0.1) is 16.8 Å². The summed E-state index contributed by atoms with van der Waals surface area (Å²) in [6.45, 7) is 0. The smallest absolute Gasteiger partial charge is 0.141 e. The molecular formula is C20H12FN3. The number of halogens is 1. The van der Waals surface area contributed by atoms with E-state index in [1.807, 2.05) is 36.5 Å². The zero-order valence-electron chi connectivity index (χ0n) is 12.6. The van der Waals surface area contributed by atoms with Crippen molar-refractivity contribution in [1.29, 1.82) is 0 Å². The molecule has 114 valence electrons. The molecule has 0 aliphatic carbocycles. The molecule has 0 saturated heterocycles. The van der Waals surface area contributed by atoms with Crippen LogP contribution < -0.4 is 5.32 Å². The largest absolute Gasteiger partial charge is 0.339 e. The fourth-order valence-corrected chi connectivity index (χ4v) is 3.19. The van der Waals surface area contributed by atoms with Crippen LogP contribution in [0.25, 0.3) is 33.3 Å². The molecule has 1 aliphatic rings. The van der Waals surface area contributed by atoms with Crippen molar-refractivity contribution in [3.63, 3.8) is 0 Å². The standard InChI is InChI=1S/C20H12FN3/c21-14-7-5-12(6-8-14)17-11-13-9-10-22-19-15-3-1-2-4-16(15)23-20(24-17)18(13)19/h1-11H,(H,23,24). The first-order valence-electron chi connectivity index (χ1n) is 7.72. The molecule has 0 saturated carbocycles. The molecule has 1 N–H and O–H groups in total. The van der Waals surface area contributed by atoms with Crippen molar-refractivity contribution >= 4 is 22.3 Å². The Balaban J connectivity index is 1.80. The Kier molecular flexibility index (Phi) is 2.67. The third kappa shape index (κ3) is 1.90. The van der Waals surface area contributed by atoms with Crippen LogP contribution in [0.4, 0.5) is 15.9 Å². The highest BCUT2D eigenvalue weighted by Gasteiger charge is 2.20. The normalized spacial score (nSPS) is 11.9. The molecule has 3 heterocycles. The van der Waals surface area contributed by atoms with Gasteiger partial charge in [-0.05, 0) is 47.9 Å². The van der Waals surface area contributed by atoms with Crippen molar-refractivity contribution < 1.29 is 4.39 Å². The van der Waals surface area contributed by atoms with Gasteiger partial charge in [0.2, 0.25) is 0 Å². The van der Waals surface area contributed by atoms with Gasteiger partial charge in [-0.15, -0.1) is 0 Å². The molecular weight excluding hydrogens is 301 g/mol. The predicted octanol–water partition coefficient (Wildman–Crippen LogP) is 5.16. The molecule has 1 aliphatic heterocycles. The first kappa shape index (κ1) is 13.2. The number of aromatic nitrogens is 2. The van der Waals surface area contributed by atoms with E-state index in [1.165, 1.54) is 12.1 Å². The highest BCUT2D eigenvalue weighted by atomic mass is 19.1. The fourth-order valence-electron chi connectivity index (χ4n) is 3.19. The lowest BCUT2D eigenvalue weighted by Crippen LogP contribution is -2.05. The van der Waals surface area contributed by atoms with Crippen LogP contribution in [0.2, 0.25) is 0 Å². The Morgan fingerprint density at radius 1 is 0.917 bits per heavy atom. The highest BCUT2D eigenvalue weighted by molar-refractivity contribution is 6.09. The number of benzene rings is 2. The molecule has 0 fully saturated rings. The van der Waals surface area contributed by atoms with Gasteiger partial charge in [-0.2, -0.15) is 0 Å². The Hall–Kier alpha value is -3.27. The number of rotatable bonds is 1. The molecule has 0 spiro atoms. The van der Waals surface area contributed by atoms with E-state index in [4.69, 9.17) is 4.98 Å². The average molecular weight is 313 g/mol. The van der Waals surface area contributed by atoms with Gasteiger partial charge in [-0.1, -0.05) is 18.2 Å². The molecule has 24 heavy (non-hydrogen) atoms. The lowest BCUT2D eigenvalue weighted by molar-refractivity contribution is 0.628. The van der Waals surface area contributed by atoms with Gasteiger partial charge >= 0.3 is 0 Å². The lowest BCUT2D eigenvalue weighted by Gasteiger charge is -2.21. The van der Waals surface area contributed by atoms with Crippen molar-refractivity contribution in [1.82, 2.24) is 9.97 Å². The van der Waals surface area contributed by atoms with Crippen LogP contribution in [0.1, 0.15) is 0 Å². The molecule has 4 heteroatoms. The van der Waals surface area contributed by atoms with Crippen LogP contribution in [0, 0.1) is 5.82 Å². The predicted molar refractivity (Wildman–Crippen MR) is 93.7 cm³/mol. The summed E-state index contributed by atoms with van der Waals surface area (Å²) in [5, 5.41) is 5.48. The van der Waals surface area contributed by atoms with Crippen molar-refractivity contribution in [2.75, 3.05) is 5.32 Å². The molecule has 3 nitrogen and oxygen atoms in total. The van der Waals surface area contributed by atoms with E-state index >= 15 is 0 Å². The topological polar surface area (TPSA) is 37.8 Å². The Bertz CT molecular complexity index is 1090. The second-order valence-electron chi connectivity index (χ2n) is 5.79. The van der Waals surface area contributed by atoms with Crippen molar-refractivity contribution in [2.24, 2.45) is 0 Å². The SMILES string of the molecule is Fc1ccc(-c2cc3ccnc4c3c(n2)Nc2ccccc2-4)cc1. The molecule has 4 aromatic rings. The molecule has 0 radical (unpaired) electrons. The maximum atomic E-state index is 13.2. The van der Waals surface area contributed by atoms with Crippen molar-refractivity contribution in [2.45, 2.75) is 0 Å². The molecule has 0 amide bonds. The van der Waals surface area contributed by atoms with E-state index in [9.17, 15) is 4.39 Å². The number of hydrogen-bond acceptors (Lipinski definition) is 3. The number of hydrogen-bond donors (Lipinski definition) is 1.